The van der Waals surface area contributed by atoms with Crippen molar-refractivity contribution in [2.45, 2.75) is 24.5 Å². The first-order chi connectivity index (χ1) is 11.6. The molecule has 3 aromatic rings. The summed E-state index contributed by atoms with van der Waals surface area (Å²) in [6, 6.07) is 11.7. The number of amides is 1. The van der Waals surface area contributed by atoms with Gasteiger partial charge < -0.3 is 9.84 Å². The summed E-state index contributed by atoms with van der Waals surface area (Å²) in [6.45, 7) is 3.48. The highest BCUT2D eigenvalue weighted by Crippen LogP contribution is 2.24. The Labute approximate surface area is 144 Å². The van der Waals surface area contributed by atoms with Crippen molar-refractivity contribution in [2.75, 3.05) is 5.32 Å². The van der Waals surface area contributed by atoms with E-state index in [-0.39, 0.29) is 5.91 Å². The van der Waals surface area contributed by atoms with Gasteiger partial charge in [-0.1, -0.05) is 11.2 Å². The van der Waals surface area contributed by atoms with Crippen LogP contribution in [0.2, 0.25) is 0 Å². The minimum Gasteiger partial charge on any atom is -0.361 e. The van der Waals surface area contributed by atoms with Crippen molar-refractivity contribution in [1.29, 1.82) is 0 Å². The summed E-state index contributed by atoms with van der Waals surface area (Å²) in [7, 11) is 0. The fraction of sp³-hybridized carbons (Fsp3) is 0.167. The molecule has 5 nitrogen and oxygen atoms in total. The molecule has 1 amide bonds. The van der Waals surface area contributed by atoms with Crippen molar-refractivity contribution >= 4 is 23.4 Å². The summed E-state index contributed by atoms with van der Waals surface area (Å²) in [5.74, 6) is 1.18. The van der Waals surface area contributed by atoms with Crippen LogP contribution in [0, 0.1) is 13.8 Å². The van der Waals surface area contributed by atoms with Crippen LogP contribution in [0.4, 0.5) is 5.69 Å². The molecule has 0 atom stereocenters. The van der Waals surface area contributed by atoms with E-state index in [4.69, 9.17) is 4.52 Å². The molecule has 1 N–H and O–H groups in total. The second-order valence-corrected chi connectivity index (χ2v) is 6.38. The molecule has 0 aliphatic rings. The lowest BCUT2D eigenvalue weighted by Crippen LogP contribution is -2.13. The number of benzene rings is 1. The maximum absolute atomic E-state index is 12.3. The molecule has 0 aliphatic carbocycles. The largest absolute Gasteiger partial charge is 0.361 e. The van der Waals surface area contributed by atoms with Gasteiger partial charge in [-0.2, -0.15) is 0 Å². The van der Waals surface area contributed by atoms with Gasteiger partial charge in [0.25, 0.3) is 5.91 Å². The average Bonchev–Trinajstić information content (AvgIpc) is 2.94. The second kappa shape index (κ2) is 7.31. The van der Waals surface area contributed by atoms with Gasteiger partial charge in [-0.05, 0) is 49.7 Å². The Morgan fingerprint density at radius 3 is 2.62 bits per heavy atom. The van der Waals surface area contributed by atoms with E-state index in [1.165, 1.54) is 5.56 Å². The van der Waals surface area contributed by atoms with E-state index in [1.807, 2.05) is 36.5 Å². The van der Waals surface area contributed by atoms with Crippen LogP contribution in [0.25, 0.3) is 0 Å². The Balaban J connectivity index is 1.61. The third-order valence-electron chi connectivity index (χ3n) is 3.50. The van der Waals surface area contributed by atoms with Gasteiger partial charge in [0.2, 0.25) is 0 Å². The Hall–Kier alpha value is -2.60. The number of aromatic nitrogens is 2. The molecule has 122 valence electrons. The predicted molar refractivity (Wildman–Crippen MR) is 94.2 cm³/mol. The normalized spacial score (nSPS) is 10.6. The molecule has 0 aliphatic heterocycles. The topological polar surface area (TPSA) is 68.0 Å². The number of thioether (sulfide) groups is 1. The molecule has 0 saturated carbocycles. The van der Waals surface area contributed by atoms with E-state index in [2.05, 4.69) is 21.5 Å². The summed E-state index contributed by atoms with van der Waals surface area (Å²) in [4.78, 5) is 17.5. The van der Waals surface area contributed by atoms with Gasteiger partial charge in [0.05, 0.1) is 5.69 Å². The van der Waals surface area contributed by atoms with Crippen LogP contribution in [0.5, 0.6) is 0 Å². The highest BCUT2D eigenvalue weighted by Gasteiger charge is 2.17. The Bertz CT molecular complexity index is 810. The number of hydrogen-bond donors (Lipinski definition) is 1. The number of anilines is 1. The molecule has 6 heteroatoms. The van der Waals surface area contributed by atoms with E-state index < -0.39 is 0 Å². The first-order valence-corrected chi connectivity index (χ1v) is 8.48. The molecule has 0 spiro atoms. The summed E-state index contributed by atoms with van der Waals surface area (Å²) < 4.78 is 5.03. The molecule has 2 heterocycles. The maximum atomic E-state index is 12.3. The van der Waals surface area contributed by atoms with Crippen molar-refractivity contribution in [2.24, 2.45) is 0 Å². The summed E-state index contributed by atoms with van der Waals surface area (Å²) in [6.07, 6.45) is 3.63. The zero-order chi connectivity index (χ0) is 16.9. The van der Waals surface area contributed by atoms with Crippen LogP contribution in [-0.4, -0.2) is 16.0 Å². The second-order valence-electron chi connectivity index (χ2n) is 5.33. The first kappa shape index (κ1) is 16.3. The number of rotatable bonds is 5. The Morgan fingerprint density at radius 2 is 2.00 bits per heavy atom. The molecule has 1 aromatic carbocycles. The highest BCUT2D eigenvalue weighted by atomic mass is 32.2. The Morgan fingerprint density at radius 1 is 1.21 bits per heavy atom. The van der Waals surface area contributed by atoms with Gasteiger partial charge in [-0.15, -0.1) is 11.8 Å². The molecule has 0 fully saturated rings. The number of pyridine rings is 1. The lowest BCUT2D eigenvalue weighted by Gasteiger charge is -2.06. The van der Waals surface area contributed by atoms with Gasteiger partial charge in [0, 0.05) is 28.7 Å². The molecule has 0 unspecified atom stereocenters. The van der Waals surface area contributed by atoms with Gasteiger partial charge in [0.15, 0.2) is 0 Å². The first-order valence-electron chi connectivity index (χ1n) is 7.49. The highest BCUT2D eigenvalue weighted by molar-refractivity contribution is 7.98. The van der Waals surface area contributed by atoms with Crippen molar-refractivity contribution in [3.63, 3.8) is 0 Å². The standard InChI is InChI=1S/C18H17N3O2S/c1-12-17(13(2)23-21-12)18(22)20-15-5-7-16(8-6-15)24-11-14-4-3-9-19-10-14/h3-10H,11H2,1-2H3,(H,20,22). The number of carbonyl (C=O) groups is 1. The van der Waals surface area contributed by atoms with Crippen molar-refractivity contribution in [3.8, 4) is 0 Å². The van der Waals surface area contributed by atoms with Crippen LogP contribution in [0.1, 0.15) is 27.4 Å². The number of aryl methyl sites for hydroxylation is 2. The quantitative estimate of drug-likeness (QED) is 0.705. The van der Waals surface area contributed by atoms with Crippen LogP contribution >= 0.6 is 11.8 Å². The predicted octanol–water partition coefficient (Wildman–Crippen LogP) is 4.23. The number of carbonyl (C=O) groups excluding carboxylic acids is 1. The van der Waals surface area contributed by atoms with Crippen molar-refractivity contribution in [3.05, 3.63) is 71.4 Å². The van der Waals surface area contributed by atoms with Crippen LogP contribution < -0.4 is 5.32 Å². The zero-order valence-corrected chi connectivity index (χ0v) is 14.3. The van der Waals surface area contributed by atoms with Crippen LogP contribution in [0.3, 0.4) is 0 Å². The molecule has 0 bridgehead atoms. The fourth-order valence-electron chi connectivity index (χ4n) is 2.29. The summed E-state index contributed by atoms with van der Waals surface area (Å²) >= 11 is 1.73. The maximum Gasteiger partial charge on any atom is 0.261 e. The van der Waals surface area contributed by atoms with Gasteiger partial charge in [-0.3, -0.25) is 9.78 Å². The monoisotopic (exact) mass is 339 g/mol. The molecule has 0 saturated heterocycles. The lowest BCUT2D eigenvalue weighted by molar-refractivity contribution is 0.102. The molecular formula is C18H17N3O2S. The van der Waals surface area contributed by atoms with Gasteiger partial charge in [0.1, 0.15) is 11.3 Å². The van der Waals surface area contributed by atoms with Gasteiger partial charge >= 0.3 is 0 Å². The minimum absolute atomic E-state index is 0.206. The molecular weight excluding hydrogens is 322 g/mol. The van der Waals surface area contributed by atoms with E-state index in [0.717, 1.165) is 16.3 Å². The third-order valence-corrected chi connectivity index (χ3v) is 4.58. The van der Waals surface area contributed by atoms with E-state index in [1.54, 1.807) is 31.8 Å². The Kier molecular flexibility index (Phi) is 4.96. The number of nitrogens with one attached hydrogen (secondary N) is 1. The molecule has 3 rings (SSSR count). The van der Waals surface area contributed by atoms with Crippen LogP contribution in [-0.2, 0) is 5.75 Å². The molecule has 0 radical (unpaired) electrons. The van der Waals surface area contributed by atoms with Crippen LogP contribution in [0.15, 0.2) is 58.2 Å². The molecule has 24 heavy (non-hydrogen) atoms. The number of nitrogens with zero attached hydrogens (tertiary/aromatic N) is 2. The third kappa shape index (κ3) is 3.83. The SMILES string of the molecule is Cc1noc(C)c1C(=O)Nc1ccc(SCc2cccnc2)cc1. The fourth-order valence-corrected chi connectivity index (χ4v) is 3.12. The van der Waals surface area contributed by atoms with Crippen molar-refractivity contribution in [1.82, 2.24) is 10.1 Å². The zero-order valence-electron chi connectivity index (χ0n) is 13.4. The summed E-state index contributed by atoms with van der Waals surface area (Å²) in [5.41, 5.74) is 3.00. The van der Waals surface area contributed by atoms with Crippen molar-refractivity contribution < 1.29 is 9.32 Å². The summed E-state index contributed by atoms with van der Waals surface area (Å²) in [5, 5.41) is 6.67. The lowest BCUT2D eigenvalue weighted by atomic mass is 10.2. The van der Waals surface area contributed by atoms with E-state index in [9.17, 15) is 4.79 Å². The minimum atomic E-state index is -0.206. The van der Waals surface area contributed by atoms with E-state index >= 15 is 0 Å². The smallest absolute Gasteiger partial charge is 0.261 e. The van der Waals surface area contributed by atoms with E-state index in [0.29, 0.717) is 17.0 Å². The molecule has 2 aromatic heterocycles. The van der Waals surface area contributed by atoms with Gasteiger partial charge in [-0.25, -0.2) is 0 Å². The average molecular weight is 339 g/mol. The number of hydrogen-bond acceptors (Lipinski definition) is 5.